The highest BCUT2D eigenvalue weighted by molar-refractivity contribution is 7.80. The second-order valence-electron chi connectivity index (χ2n) is 7.46. The van der Waals surface area contributed by atoms with Crippen LogP contribution in [0, 0.1) is 0 Å². The standard InChI is InChI=1S/C26H18ClN3O2S/c27-21-8-4-5-18-19(21)6-3-7-20(18)24(31)30-26(33)28-15-16-11-13-17(14-12-16)25-29-22-9-1-2-10-23(22)32-25/h1-14H,15H2,(H2,28,30,31,33). The molecule has 0 bridgehead atoms. The number of hydrogen-bond acceptors (Lipinski definition) is 4. The maximum atomic E-state index is 12.8. The molecule has 1 aromatic heterocycles. The lowest BCUT2D eigenvalue weighted by Crippen LogP contribution is -2.38. The molecule has 0 saturated carbocycles. The van der Waals surface area contributed by atoms with Crippen LogP contribution in [0.25, 0.3) is 33.3 Å². The number of nitrogens with one attached hydrogen (secondary N) is 2. The van der Waals surface area contributed by atoms with Crippen molar-refractivity contribution >= 4 is 56.7 Å². The third kappa shape index (κ3) is 4.44. The summed E-state index contributed by atoms with van der Waals surface area (Å²) in [7, 11) is 0. The second kappa shape index (κ2) is 9.02. The van der Waals surface area contributed by atoms with E-state index < -0.39 is 0 Å². The van der Waals surface area contributed by atoms with Crippen LogP contribution in [0.2, 0.25) is 5.02 Å². The predicted octanol–water partition coefficient (Wildman–Crippen LogP) is 6.11. The van der Waals surface area contributed by atoms with E-state index in [1.807, 2.05) is 66.7 Å². The molecule has 0 atom stereocenters. The first-order valence-corrected chi connectivity index (χ1v) is 11.1. The van der Waals surface area contributed by atoms with Gasteiger partial charge in [-0.3, -0.25) is 10.1 Å². The predicted molar refractivity (Wildman–Crippen MR) is 135 cm³/mol. The Hall–Kier alpha value is -3.74. The number of halogens is 1. The molecule has 0 aliphatic rings. The van der Waals surface area contributed by atoms with Crippen molar-refractivity contribution in [2.45, 2.75) is 6.54 Å². The van der Waals surface area contributed by atoms with Crippen LogP contribution in [-0.2, 0) is 6.54 Å². The lowest BCUT2D eigenvalue weighted by atomic mass is 10.0. The summed E-state index contributed by atoms with van der Waals surface area (Å²) >= 11 is 11.6. The number of carbonyl (C=O) groups is 1. The summed E-state index contributed by atoms with van der Waals surface area (Å²) in [6, 6.07) is 26.4. The lowest BCUT2D eigenvalue weighted by Gasteiger charge is -2.11. The zero-order chi connectivity index (χ0) is 22.8. The average molecular weight is 472 g/mol. The molecular weight excluding hydrogens is 454 g/mol. The second-order valence-corrected chi connectivity index (χ2v) is 8.28. The van der Waals surface area contributed by atoms with E-state index in [2.05, 4.69) is 15.6 Å². The number of fused-ring (bicyclic) bond motifs is 2. The smallest absolute Gasteiger partial charge is 0.258 e. The van der Waals surface area contributed by atoms with E-state index in [1.165, 1.54) is 0 Å². The summed E-state index contributed by atoms with van der Waals surface area (Å²) in [6.07, 6.45) is 0. The fourth-order valence-electron chi connectivity index (χ4n) is 3.63. The number of amides is 1. The van der Waals surface area contributed by atoms with Gasteiger partial charge in [-0.25, -0.2) is 4.98 Å². The summed E-state index contributed by atoms with van der Waals surface area (Å²) < 4.78 is 5.81. The first kappa shape index (κ1) is 21.1. The van der Waals surface area contributed by atoms with Crippen molar-refractivity contribution in [1.29, 1.82) is 0 Å². The molecule has 4 aromatic carbocycles. The quantitative estimate of drug-likeness (QED) is 0.310. The molecule has 33 heavy (non-hydrogen) atoms. The molecule has 0 aliphatic carbocycles. The minimum Gasteiger partial charge on any atom is -0.436 e. The molecule has 5 aromatic rings. The van der Waals surface area contributed by atoms with E-state index in [9.17, 15) is 4.79 Å². The molecule has 0 saturated heterocycles. The van der Waals surface area contributed by atoms with Gasteiger partial charge in [0.2, 0.25) is 5.89 Å². The van der Waals surface area contributed by atoms with Gasteiger partial charge in [-0.15, -0.1) is 0 Å². The first-order valence-electron chi connectivity index (χ1n) is 10.3. The molecule has 7 heteroatoms. The van der Waals surface area contributed by atoms with Gasteiger partial charge in [-0.05, 0) is 59.6 Å². The van der Waals surface area contributed by atoms with Gasteiger partial charge >= 0.3 is 0 Å². The lowest BCUT2D eigenvalue weighted by molar-refractivity contribution is 0.0978. The fraction of sp³-hybridized carbons (Fsp3) is 0.0385. The summed E-state index contributed by atoms with van der Waals surface area (Å²) in [6.45, 7) is 0.467. The molecule has 5 rings (SSSR count). The number of nitrogens with zero attached hydrogens (tertiary/aromatic N) is 1. The molecule has 0 aliphatic heterocycles. The van der Waals surface area contributed by atoms with Crippen LogP contribution in [0.5, 0.6) is 0 Å². The van der Waals surface area contributed by atoms with Crippen molar-refractivity contribution in [2.75, 3.05) is 0 Å². The monoisotopic (exact) mass is 471 g/mol. The summed E-state index contributed by atoms with van der Waals surface area (Å²) in [5.74, 6) is 0.292. The SMILES string of the molecule is O=C(NC(=S)NCc1ccc(-c2nc3ccccc3o2)cc1)c1cccc2c(Cl)cccc12. The van der Waals surface area contributed by atoms with Crippen LogP contribution in [-0.4, -0.2) is 16.0 Å². The molecule has 0 unspecified atom stereocenters. The molecule has 1 amide bonds. The van der Waals surface area contributed by atoms with Crippen molar-refractivity contribution in [3.63, 3.8) is 0 Å². The summed E-state index contributed by atoms with van der Waals surface area (Å²) in [5.41, 5.74) is 3.99. The summed E-state index contributed by atoms with van der Waals surface area (Å²) in [4.78, 5) is 17.3. The zero-order valence-corrected chi connectivity index (χ0v) is 18.9. The average Bonchev–Trinajstić information content (AvgIpc) is 3.27. The van der Waals surface area contributed by atoms with Gasteiger partial charge in [0.1, 0.15) is 5.52 Å². The number of oxazole rings is 1. The Labute approximate surface area is 200 Å². The van der Waals surface area contributed by atoms with E-state index in [4.69, 9.17) is 28.2 Å². The van der Waals surface area contributed by atoms with Gasteiger partial charge in [0.05, 0.1) is 0 Å². The van der Waals surface area contributed by atoms with Crippen molar-refractivity contribution < 1.29 is 9.21 Å². The van der Waals surface area contributed by atoms with Gasteiger partial charge in [0, 0.05) is 28.1 Å². The number of aromatic nitrogens is 1. The van der Waals surface area contributed by atoms with E-state index in [0.29, 0.717) is 23.0 Å². The molecular formula is C26H18ClN3O2S. The number of rotatable bonds is 4. The number of benzene rings is 4. The van der Waals surface area contributed by atoms with Crippen molar-refractivity contribution in [1.82, 2.24) is 15.6 Å². The van der Waals surface area contributed by atoms with Gasteiger partial charge in [-0.1, -0.05) is 60.1 Å². The fourth-order valence-corrected chi connectivity index (χ4v) is 4.03. The van der Waals surface area contributed by atoms with Crippen molar-refractivity contribution in [3.8, 4) is 11.5 Å². The van der Waals surface area contributed by atoms with E-state index >= 15 is 0 Å². The van der Waals surface area contributed by atoms with Crippen LogP contribution in [0.4, 0.5) is 0 Å². The maximum Gasteiger partial charge on any atom is 0.258 e. The van der Waals surface area contributed by atoms with Gasteiger partial charge in [-0.2, -0.15) is 0 Å². The van der Waals surface area contributed by atoms with E-state index in [1.54, 1.807) is 18.2 Å². The number of thiocarbonyl (C=S) groups is 1. The molecule has 0 fully saturated rings. The Morgan fingerprint density at radius 2 is 1.67 bits per heavy atom. The first-order chi connectivity index (χ1) is 16.1. The van der Waals surface area contributed by atoms with Crippen LogP contribution in [0.15, 0.2) is 89.3 Å². The van der Waals surface area contributed by atoms with E-state index in [0.717, 1.165) is 33.0 Å². The number of para-hydroxylation sites is 2. The minimum absolute atomic E-state index is 0.252. The topological polar surface area (TPSA) is 67.2 Å². The third-order valence-electron chi connectivity index (χ3n) is 5.29. The van der Waals surface area contributed by atoms with Crippen molar-refractivity contribution in [2.24, 2.45) is 0 Å². The Morgan fingerprint density at radius 3 is 2.48 bits per heavy atom. The normalized spacial score (nSPS) is 10.9. The molecule has 0 spiro atoms. The molecule has 1 heterocycles. The highest BCUT2D eigenvalue weighted by Gasteiger charge is 2.13. The third-order valence-corrected chi connectivity index (χ3v) is 5.86. The van der Waals surface area contributed by atoms with Crippen molar-refractivity contribution in [3.05, 3.63) is 101 Å². The Morgan fingerprint density at radius 1 is 0.909 bits per heavy atom. The zero-order valence-electron chi connectivity index (χ0n) is 17.3. The molecule has 5 nitrogen and oxygen atoms in total. The molecule has 2 N–H and O–H groups in total. The molecule has 0 radical (unpaired) electrons. The number of carbonyl (C=O) groups excluding carboxylic acids is 1. The highest BCUT2D eigenvalue weighted by atomic mass is 35.5. The van der Waals surface area contributed by atoms with Gasteiger partial charge < -0.3 is 9.73 Å². The Kier molecular flexibility index (Phi) is 5.77. The maximum absolute atomic E-state index is 12.8. The van der Waals surface area contributed by atoms with Crippen LogP contribution >= 0.6 is 23.8 Å². The number of hydrogen-bond donors (Lipinski definition) is 2. The van der Waals surface area contributed by atoms with Gasteiger partial charge in [0.15, 0.2) is 10.7 Å². The van der Waals surface area contributed by atoms with E-state index in [-0.39, 0.29) is 11.0 Å². The van der Waals surface area contributed by atoms with Crippen LogP contribution < -0.4 is 10.6 Å². The minimum atomic E-state index is -0.285. The molecule has 162 valence electrons. The van der Waals surface area contributed by atoms with Crippen LogP contribution in [0.1, 0.15) is 15.9 Å². The van der Waals surface area contributed by atoms with Crippen LogP contribution in [0.3, 0.4) is 0 Å². The highest BCUT2D eigenvalue weighted by Crippen LogP contribution is 2.26. The Bertz CT molecular complexity index is 1460. The largest absolute Gasteiger partial charge is 0.436 e. The Balaban J connectivity index is 1.22. The summed E-state index contributed by atoms with van der Waals surface area (Å²) in [5, 5.41) is 8.27. The van der Waals surface area contributed by atoms with Gasteiger partial charge in [0.25, 0.3) is 5.91 Å².